The van der Waals surface area contributed by atoms with E-state index in [0.717, 1.165) is 23.7 Å². The number of carbonyl (C=O) groups excluding carboxylic acids is 2. The molecule has 0 unspecified atom stereocenters. The number of piperazine rings is 1. The second kappa shape index (κ2) is 9.93. The molecule has 0 aliphatic carbocycles. The van der Waals surface area contributed by atoms with E-state index in [-0.39, 0.29) is 11.8 Å². The standard InChI is InChI=1S/C24H26N4O3S/c1-27-10-12-28(13-11-27)24(30)18-8-9-21(31-2)19(15-18)26-23(29)20-16-32-22(25-20)14-17-6-4-3-5-7-17/h3-9,15-16H,10-14H2,1-2H3,(H,26,29). The van der Waals surface area contributed by atoms with Crippen molar-refractivity contribution in [3.8, 4) is 5.75 Å². The van der Waals surface area contributed by atoms with Gasteiger partial charge in [-0.15, -0.1) is 11.3 Å². The molecule has 1 fully saturated rings. The summed E-state index contributed by atoms with van der Waals surface area (Å²) >= 11 is 1.45. The molecule has 1 aliphatic heterocycles. The highest BCUT2D eigenvalue weighted by Gasteiger charge is 2.22. The van der Waals surface area contributed by atoms with Gasteiger partial charge in [-0.1, -0.05) is 30.3 Å². The molecule has 0 atom stereocenters. The highest BCUT2D eigenvalue weighted by molar-refractivity contribution is 7.09. The normalized spacial score (nSPS) is 14.2. The number of likely N-dealkylation sites (N-methyl/N-ethyl adjacent to an activating group) is 1. The molecular weight excluding hydrogens is 424 g/mol. The fourth-order valence-electron chi connectivity index (χ4n) is 3.58. The highest BCUT2D eigenvalue weighted by Crippen LogP contribution is 2.27. The van der Waals surface area contributed by atoms with Crippen molar-refractivity contribution in [3.63, 3.8) is 0 Å². The number of anilines is 1. The SMILES string of the molecule is COc1ccc(C(=O)N2CCN(C)CC2)cc1NC(=O)c1csc(Cc2ccccc2)n1. The van der Waals surface area contributed by atoms with Crippen LogP contribution in [-0.4, -0.2) is 66.9 Å². The van der Waals surface area contributed by atoms with Gasteiger partial charge in [0.1, 0.15) is 11.4 Å². The van der Waals surface area contributed by atoms with Crippen molar-refractivity contribution in [2.24, 2.45) is 0 Å². The molecule has 32 heavy (non-hydrogen) atoms. The van der Waals surface area contributed by atoms with Gasteiger partial charge in [-0.3, -0.25) is 9.59 Å². The Kier molecular flexibility index (Phi) is 6.82. The summed E-state index contributed by atoms with van der Waals surface area (Å²) in [5.41, 5.74) is 2.47. The summed E-state index contributed by atoms with van der Waals surface area (Å²) in [4.78, 5) is 34.3. The second-order valence-electron chi connectivity index (χ2n) is 7.75. The van der Waals surface area contributed by atoms with Crippen molar-refractivity contribution in [2.45, 2.75) is 6.42 Å². The maximum Gasteiger partial charge on any atom is 0.275 e. The monoisotopic (exact) mass is 450 g/mol. The number of rotatable bonds is 6. The zero-order chi connectivity index (χ0) is 22.5. The smallest absolute Gasteiger partial charge is 0.275 e. The van der Waals surface area contributed by atoms with Gasteiger partial charge in [0, 0.05) is 43.5 Å². The van der Waals surface area contributed by atoms with E-state index in [4.69, 9.17) is 4.74 Å². The third kappa shape index (κ3) is 5.15. The Labute approximate surface area is 191 Å². The molecule has 0 spiro atoms. The van der Waals surface area contributed by atoms with Gasteiger partial charge in [0.15, 0.2) is 0 Å². The number of amides is 2. The molecule has 1 aliphatic rings. The van der Waals surface area contributed by atoms with Gasteiger partial charge < -0.3 is 19.9 Å². The van der Waals surface area contributed by atoms with Crippen molar-refractivity contribution in [1.29, 1.82) is 0 Å². The van der Waals surface area contributed by atoms with Crippen molar-refractivity contribution in [2.75, 3.05) is 45.7 Å². The van der Waals surface area contributed by atoms with Crippen molar-refractivity contribution >= 4 is 28.8 Å². The first-order valence-electron chi connectivity index (χ1n) is 10.5. The Morgan fingerprint density at radius 2 is 1.84 bits per heavy atom. The zero-order valence-corrected chi connectivity index (χ0v) is 19.0. The van der Waals surface area contributed by atoms with Crippen LogP contribution in [0.1, 0.15) is 31.4 Å². The molecular formula is C24H26N4O3S. The van der Waals surface area contributed by atoms with E-state index in [2.05, 4.69) is 15.2 Å². The average Bonchev–Trinajstić information content (AvgIpc) is 3.28. The molecule has 0 saturated carbocycles. The number of carbonyl (C=O) groups is 2. The quantitative estimate of drug-likeness (QED) is 0.623. The molecule has 3 aromatic rings. The molecule has 8 heteroatoms. The number of benzene rings is 2. The lowest BCUT2D eigenvalue weighted by Gasteiger charge is -2.32. The molecule has 166 valence electrons. The Hall–Kier alpha value is -3.23. The van der Waals surface area contributed by atoms with Gasteiger partial charge in [-0.25, -0.2) is 4.98 Å². The first-order chi connectivity index (χ1) is 15.5. The lowest BCUT2D eigenvalue weighted by molar-refractivity contribution is 0.0664. The van der Waals surface area contributed by atoms with E-state index < -0.39 is 0 Å². The third-order valence-electron chi connectivity index (χ3n) is 5.47. The second-order valence-corrected chi connectivity index (χ2v) is 8.70. The number of methoxy groups -OCH3 is 1. The molecule has 2 heterocycles. The molecule has 0 radical (unpaired) electrons. The Morgan fingerprint density at radius 1 is 1.09 bits per heavy atom. The van der Waals surface area contributed by atoms with Gasteiger partial charge in [0.25, 0.3) is 11.8 Å². The lowest BCUT2D eigenvalue weighted by atomic mass is 10.1. The van der Waals surface area contributed by atoms with Crippen molar-refractivity contribution < 1.29 is 14.3 Å². The minimum Gasteiger partial charge on any atom is -0.495 e. The van der Waals surface area contributed by atoms with Crippen LogP contribution in [0.25, 0.3) is 0 Å². The van der Waals surface area contributed by atoms with E-state index in [9.17, 15) is 9.59 Å². The van der Waals surface area contributed by atoms with Crippen LogP contribution in [0.2, 0.25) is 0 Å². The number of nitrogens with one attached hydrogen (secondary N) is 1. The van der Waals surface area contributed by atoms with Crippen LogP contribution in [-0.2, 0) is 6.42 Å². The molecule has 1 N–H and O–H groups in total. The van der Waals surface area contributed by atoms with Gasteiger partial charge in [-0.05, 0) is 30.8 Å². The summed E-state index contributed by atoms with van der Waals surface area (Å²) in [6.45, 7) is 3.07. The van der Waals surface area contributed by atoms with Crippen LogP contribution in [0.15, 0.2) is 53.9 Å². The first kappa shape index (κ1) is 22.0. The Balaban J connectivity index is 1.47. The highest BCUT2D eigenvalue weighted by atomic mass is 32.1. The summed E-state index contributed by atoms with van der Waals surface area (Å²) in [6, 6.07) is 15.1. The summed E-state index contributed by atoms with van der Waals surface area (Å²) in [6.07, 6.45) is 0.678. The molecule has 0 bridgehead atoms. The van der Waals surface area contributed by atoms with Gasteiger partial charge in [-0.2, -0.15) is 0 Å². The number of hydrogen-bond acceptors (Lipinski definition) is 6. The zero-order valence-electron chi connectivity index (χ0n) is 18.2. The van der Waals surface area contributed by atoms with Crippen LogP contribution in [0, 0.1) is 0 Å². The third-order valence-corrected chi connectivity index (χ3v) is 6.32. The number of hydrogen-bond donors (Lipinski definition) is 1. The van der Waals surface area contributed by atoms with Crippen LogP contribution in [0.4, 0.5) is 5.69 Å². The fraction of sp³-hybridized carbons (Fsp3) is 0.292. The number of nitrogens with zero attached hydrogens (tertiary/aromatic N) is 3. The predicted molar refractivity (Wildman–Crippen MR) is 126 cm³/mol. The Bertz CT molecular complexity index is 1090. The predicted octanol–water partition coefficient (Wildman–Crippen LogP) is 3.38. The first-order valence-corrected chi connectivity index (χ1v) is 11.4. The van der Waals surface area contributed by atoms with Crippen LogP contribution in [0.3, 0.4) is 0 Å². The van der Waals surface area contributed by atoms with Gasteiger partial charge in [0.2, 0.25) is 0 Å². The van der Waals surface area contributed by atoms with E-state index in [1.165, 1.54) is 18.4 Å². The number of aromatic nitrogens is 1. The van der Waals surface area contributed by atoms with Gasteiger partial charge >= 0.3 is 0 Å². The van der Waals surface area contributed by atoms with E-state index in [1.807, 2.05) is 42.3 Å². The maximum absolute atomic E-state index is 12.9. The topological polar surface area (TPSA) is 74.8 Å². The summed E-state index contributed by atoms with van der Waals surface area (Å²) in [5, 5.41) is 5.48. The maximum atomic E-state index is 12.9. The number of thiazole rings is 1. The van der Waals surface area contributed by atoms with Crippen molar-refractivity contribution in [3.05, 3.63) is 75.7 Å². The van der Waals surface area contributed by atoms with Gasteiger partial charge in [0.05, 0.1) is 17.8 Å². The summed E-state index contributed by atoms with van der Waals surface area (Å²) < 4.78 is 5.40. The molecule has 4 rings (SSSR count). The Morgan fingerprint density at radius 3 is 2.56 bits per heavy atom. The molecule has 1 saturated heterocycles. The summed E-state index contributed by atoms with van der Waals surface area (Å²) in [5.74, 6) is 0.117. The van der Waals surface area contributed by atoms with Crippen LogP contribution in [0.5, 0.6) is 5.75 Å². The molecule has 2 amide bonds. The lowest BCUT2D eigenvalue weighted by Crippen LogP contribution is -2.47. The summed E-state index contributed by atoms with van der Waals surface area (Å²) in [7, 11) is 3.58. The van der Waals surface area contributed by atoms with E-state index >= 15 is 0 Å². The van der Waals surface area contributed by atoms with Crippen molar-refractivity contribution in [1.82, 2.24) is 14.8 Å². The fourth-order valence-corrected chi connectivity index (χ4v) is 4.39. The van der Waals surface area contributed by atoms with Crippen LogP contribution >= 0.6 is 11.3 Å². The molecule has 2 aromatic carbocycles. The molecule has 7 nitrogen and oxygen atoms in total. The van der Waals surface area contributed by atoms with Crippen LogP contribution < -0.4 is 10.1 Å². The largest absolute Gasteiger partial charge is 0.495 e. The van der Waals surface area contributed by atoms with E-state index in [1.54, 1.807) is 23.6 Å². The number of ether oxygens (including phenoxy) is 1. The minimum absolute atomic E-state index is 0.0462. The average molecular weight is 451 g/mol. The van der Waals surface area contributed by atoms with E-state index in [0.29, 0.717) is 42.2 Å². The minimum atomic E-state index is -0.331. The molecule has 1 aromatic heterocycles.